The fraction of sp³-hybridized carbons (Fsp3) is 0. The quantitative estimate of drug-likeness (QED) is 0.660. The van der Waals surface area contributed by atoms with Crippen LogP contribution in [-0.4, -0.2) is 10.3 Å². The molecule has 0 spiro atoms. The third-order valence-electron chi connectivity index (χ3n) is 2.64. The summed E-state index contributed by atoms with van der Waals surface area (Å²) in [6.45, 7) is 0. The largest absolute Gasteiger partial charge is 0.289 e. The Hall–Kier alpha value is -2.27. The average molecular weight is 272 g/mol. The van der Waals surface area contributed by atoms with E-state index >= 15 is 0 Å². The monoisotopic (exact) mass is 272 g/mol. The summed E-state index contributed by atoms with van der Waals surface area (Å²) >= 11 is 1.26. The SMILES string of the molecule is O=c1c2ccccc2sn1/N=C/c1cccc(F)c1. The maximum absolute atomic E-state index is 13.0. The van der Waals surface area contributed by atoms with Crippen molar-refractivity contribution in [2.45, 2.75) is 0 Å². The highest BCUT2D eigenvalue weighted by Crippen LogP contribution is 2.15. The van der Waals surface area contributed by atoms with Gasteiger partial charge >= 0.3 is 0 Å². The molecule has 0 N–H and O–H groups in total. The number of rotatable bonds is 2. The van der Waals surface area contributed by atoms with Crippen LogP contribution in [0.15, 0.2) is 58.4 Å². The minimum atomic E-state index is -0.326. The average Bonchev–Trinajstić information content (AvgIpc) is 2.74. The molecule has 0 saturated heterocycles. The summed E-state index contributed by atoms with van der Waals surface area (Å²) in [5.41, 5.74) is 0.456. The fourth-order valence-corrected chi connectivity index (χ4v) is 2.60. The molecule has 0 unspecified atom stereocenters. The molecular weight excluding hydrogens is 263 g/mol. The number of hydrogen-bond acceptors (Lipinski definition) is 3. The second-order valence-electron chi connectivity index (χ2n) is 3.97. The standard InChI is InChI=1S/C14H9FN2OS/c15-11-5-3-4-10(8-11)9-16-17-14(18)12-6-1-2-7-13(12)19-17/h1-9H/b16-9+. The topological polar surface area (TPSA) is 34.4 Å². The highest BCUT2D eigenvalue weighted by atomic mass is 32.1. The van der Waals surface area contributed by atoms with Gasteiger partial charge in [-0.15, -0.1) is 4.07 Å². The maximum atomic E-state index is 13.0. The molecule has 0 aliphatic carbocycles. The number of benzene rings is 2. The van der Waals surface area contributed by atoms with Crippen LogP contribution in [0.25, 0.3) is 10.1 Å². The van der Waals surface area contributed by atoms with Gasteiger partial charge in [-0.2, -0.15) is 5.10 Å². The van der Waals surface area contributed by atoms with Crippen molar-refractivity contribution in [3.8, 4) is 0 Å². The van der Waals surface area contributed by atoms with E-state index in [0.29, 0.717) is 10.9 Å². The molecule has 3 nitrogen and oxygen atoms in total. The molecule has 1 aromatic heterocycles. The molecule has 2 aromatic carbocycles. The Balaban J connectivity index is 2.02. The Labute approximate surface area is 112 Å². The third kappa shape index (κ3) is 2.32. The second kappa shape index (κ2) is 4.78. The smallest absolute Gasteiger partial charge is 0.266 e. The Morgan fingerprint density at radius 1 is 1.16 bits per heavy atom. The molecule has 0 radical (unpaired) electrons. The summed E-state index contributed by atoms with van der Waals surface area (Å²) < 4.78 is 15.2. The van der Waals surface area contributed by atoms with E-state index in [1.54, 1.807) is 18.2 Å². The van der Waals surface area contributed by atoms with E-state index in [2.05, 4.69) is 5.10 Å². The van der Waals surface area contributed by atoms with Crippen molar-refractivity contribution in [1.82, 2.24) is 4.07 Å². The van der Waals surface area contributed by atoms with Gasteiger partial charge in [-0.3, -0.25) is 4.79 Å². The van der Waals surface area contributed by atoms with Gasteiger partial charge in [0, 0.05) is 0 Å². The minimum Gasteiger partial charge on any atom is -0.266 e. The van der Waals surface area contributed by atoms with Crippen LogP contribution in [0.3, 0.4) is 0 Å². The number of aromatic nitrogens is 1. The molecule has 0 saturated carbocycles. The van der Waals surface area contributed by atoms with Crippen molar-refractivity contribution in [2.24, 2.45) is 5.10 Å². The highest BCUT2D eigenvalue weighted by molar-refractivity contribution is 7.13. The molecule has 0 atom stereocenters. The van der Waals surface area contributed by atoms with E-state index in [1.165, 1.54) is 33.9 Å². The molecular formula is C14H9FN2OS. The predicted molar refractivity (Wildman–Crippen MR) is 75.5 cm³/mol. The number of fused-ring (bicyclic) bond motifs is 1. The third-order valence-corrected chi connectivity index (χ3v) is 3.62. The van der Waals surface area contributed by atoms with Crippen LogP contribution in [-0.2, 0) is 0 Å². The molecule has 94 valence electrons. The van der Waals surface area contributed by atoms with Gasteiger partial charge < -0.3 is 0 Å². The summed E-state index contributed by atoms with van der Waals surface area (Å²) in [5, 5.41) is 4.73. The van der Waals surface area contributed by atoms with Crippen LogP contribution in [0.5, 0.6) is 0 Å². The summed E-state index contributed by atoms with van der Waals surface area (Å²) in [7, 11) is 0. The molecule has 3 aromatic rings. The molecule has 1 heterocycles. The fourth-order valence-electron chi connectivity index (χ4n) is 1.74. The van der Waals surface area contributed by atoms with Gasteiger partial charge in [0.25, 0.3) is 5.56 Å². The summed E-state index contributed by atoms with van der Waals surface area (Å²) in [6.07, 6.45) is 1.47. The van der Waals surface area contributed by atoms with Crippen molar-refractivity contribution in [2.75, 3.05) is 0 Å². The van der Waals surface area contributed by atoms with Crippen molar-refractivity contribution < 1.29 is 4.39 Å². The summed E-state index contributed by atoms with van der Waals surface area (Å²) in [4.78, 5) is 12.0. The van der Waals surface area contributed by atoms with Crippen LogP contribution in [0.2, 0.25) is 0 Å². The Kier molecular flexibility index (Phi) is 2.97. The van der Waals surface area contributed by atoms with Gasteiger partial charge in [-0.25, -0.2) is 4.39 Å². The lowest BCUT2D eigenvalue weighted by Crippen LogP contribution is -2.08. The molecule has 0 amide bonds. The lowest BCUT2D eigenvalue weighted by Gasteiger charge is -1.92. The Bertz CT molecular complexity index is 819. The molecule has 0 bridgehead atoms. The van der Waals surface area contributed by atoms with E-state index in [4.69, 9.17) is 0 Å². The van der Waals surface area contributed by atoms with Gasteiger partial charge in [0.2, 0.25) is 0 Å². The van der Waals surface area contributed by atoms with E-state index in [1.807, 2.05) is 18.2 Å². The van der Waals surface area contributed by atoms with Crippen molar-refractivity contribution in [1.29, 1.82) is 0 Å². The lowest BCUT2D eigenvalue weighted by molar-refractivity contribution is 0.627. The van der Waals surface area contributed by atoms with Gasteiger partial charge in [-0.05, 0) is 41.4 Å². The van der Waals surface area contributed by atoms with Crippen LogP contribution in [0.1, 0.15) is 5.56 Å². The second-order valence-corrected chi connectivity index (χ2v) is 4.93. The van der Waals surface area contributed by atoms with E-state index in [0.717, 1.165) is 4.70 Å². The minimum absolute atomic E-state index is 0.159. The zero-order valence-electron chi connectivity index (χ0n) is 9.79. The zero-order valence-corrected chi connectivity index (χ0v) is 10.6. The van der Waals surface area contributed by atoms with E-state index in [9.17, 15) is 9.18 Å². The molecule has 0 fully saturated rings. The Morgan fingerprint density at radius 3 is 2.79 bits per heavy atom. The van der Waals surface area contributed by atoms with Crippen molar-refractivity contribution >= 4 is 27.8 Å². The summed E-state index contributed by atoms with van der Waals surface area (Å²) in [6, 6.07) is 13.4. The molecule has 0 aliphatic heterocycles. The number of nitrogens with zero attached hydrogens (tertiary/aromatic N) is 2. The van der Waals surface area contributed by atoms with Gasteiger partial charge in [0.05, 0.1) is 16.3 Å². The first-order valence-electron chi connectivity index (χ1n) is 5.65. The molecule has 3 rings (SSSR count). The lowest BCUT2D eigenvalue weighted by atomic mass is 10.2. The normalized spacial score (nSPS) is 11.4. The van der Waals surface area contributed by atoms with Crippen molar-refractivity contribution in [3.63, 3.8) is 0 Å². The van der Waals surface area contributed by atoms with Crippen molar-refractivity contribution in [3.05, 3.63) is 70.3 Å². The first-order valence-corrected chi connectivity index (χ1v) is 6.42. The van der Waals surface area contributed by atoms with Gasteiger partial charge in [0.1, 0.15) is 5.82 Å². The van der Waals surface area contributed by atoms with E-state index in [-0.39, 0.29) is 11.4 Å². The van der Waals surface area contributed by atoms with Crippen LogP contribution in [0.4, 0.5) is 4.39 Å². The molecule has 5 heteroatoms. The molecule has 0 aliphatic rings. The van der Waals surface area contributed by atoms with Gasteiger partial charge in [0.15, 0.2) is 0 Å². The number of hydrogen-bond donors (Lipinski definition) is 0. The Morgan fingerprint density at radius 2 is 2.00 bits per heavy atom. The van der Waals surface area contributed by atoms with Crippen LogP contribution < -0.4 is 5.56 Å². The van der Waals surface area contributed by atoms with Gasteiger partial charge in [-0.1, -0.05) is 24.3 Å². The number of halogens is 1. The maximum Gasteiger partial charge on any atom is 0.289 e. The zero-order chi connectivity index (χ0) is 13.2. The molecule has 19 heavy (non-hydrogen) atoms. The van der Waals surface area contributed by atoms with E-state index < -0.39 is 0 Å². The van der Waals surface area contributed by atoms with Crippen LogP contribution >= 0.6 is 11.5 Å². The first kappa shape index (κ1) is 11.8. The first-order chi connectivity index (χ1) is 9.24. The summed E-state index contributed by atoms with van der Waals surface area (Å²) in [5.74, 6) is -0.326. The van der Waals surface area contributed by atoms with Crippen LogP contribution in [0, 0.1) is 5.82 Å². The predicted octanol–water partition coefficient (Wildman–Crippen LogP) is 3.08. The highest BCUT2D eigenvalue weighted by Gasteiger charge is 2.04.